The van der Waals surface area contributed by atoms with Crippen LogP contribution >= 0.6 is 0 Å². The number of nitrogens with one attached hydrogen (secondary N) is 2. The normalized spacial score (nSPS) is 11.2. The van der Waals surface area contributed by atoms with E-state index in [0.29, 0.717) is 0 Å². The Morgan fingerprint density at radius 1 is 1.33 bits per heavy atom. The molecule has 1 amide bonds. The second kappa shape index (κ2) is 5.83. The fourth-order valence-electron chi connectivity index (χ4n) is 1.34. The van der Waals surface area contributed by atoms with Gasteiger partial charge in [-0.2, -0.15) is 0 Å². The first-order chi connectivity index (χ1) is 8.29. The SMILES string of the molecule is Cc1ccc(C(=O)NCCNS(C)(=O)=O)c(O)c1. The number of aryl methyl sites for hydroxylation is 1. The number of aromatic hydroxyl groups is 1. The summed E-state index contributed by atoms with van der Waals surface area (Å²) in [4.78, 5) is 11.7. The molecular formula is C11H16N2O4S. The van der Waals surface area contributed by atoms with Crippen LogP contribution in [0.25, 0.3) is 0 Å². The first-order valence-corrected chi connectivity index (χ1v) is 7.21. The van der Waals surface area contributed by atoms with Crippen LogP contribution in [0.3, 0.4) is 0 Å². The fourth-order valence-corrected chi connectivity index (χ4v) is 1.81. The van der Waals surface area contributed by atoms with Crippen molar-refractivity contribution in [2.45, 2.75) is 6.92 Å². The summed E-state index contributed by atoms with van der Waals surface area (Å²) < 4.78 is 23.8. The third kappa shape index (κ3) is 4.72. The molecule has 0 heterocycles. The van der Waals surface area contributed by atoms with Crippen LogP contribution in [0.15, 0.2) is 18.2 Å². The van der Waals surface area contributed by atoms with E-state index in [4.69, 9.17) is 0 Å². The molecule has 0 saturated heterocycles. The molecule has 3 N–H and O–H groups in total. The molecule has 0 fully saturated rings. The molecule has 0 aliphatic carbocycles. The Hall–Kier alpha value is -1.60. The summed E-state index contributed by atoms with van der Waals surface area (Å²) in [6.45, 7) is 2.06. The zero-order valence-electron chi connectivity index (χ0n) is 10.2. The highest BCUT2D eigenvalue weighted by molar-refractivity contribution is 7.88. The van der Waals surface area contributed by atoms with E-state index in [-0.39, 0.29) is 24.4 Å². The van der Waals surface area contributed by atoms with E-state index in [2.05, 4.69) is 10.0 Å². The van der Waals surface area contributed by atoms with Crippen LogP contribution in [0.1, 0.15) is 15.9 Å². The van der Waals surface area contributed by atoms with Gasteiger partial charge in [0, 0.05) is 13.1 Å². The first-order valence-electron chi connectivity index (χ1n) is 5.32. The summed E-state index contributed by atoms with van der Waals surface area (Å²) in [6.07, 6.45) is 1.04. The van der Waals surface area contributed by atoms with Gasteiger partial charge in [0.1, 0.15) is 5.75 Å². The van der Waals surface area contributed by atoms with Crippen molar-refractivity contribution < 1.29 is 18.3 Å². The molecule has 6 nitrogen and oxygen atoms in total. The van der Waals surface area contributed by atoms with Crippen LogP contribution in [-0.4, -0.2) is 38.8 Å². The van der Waals surface area contributed by atoms with E-state index >= 15 is 0 Å². The molecule has 0 saturated carbocycles. The summed E-state index contributed by atoms with van der Waals surface area (Å²) in [5, 5.41) is 12.1. The Bertz CT molecular complexity index is 540. The zero-order chi connectivity index (χ0) is 13.8. The number of phenols is 1. The number of carbonyl (C=O) groups excluding carboxylic acids is 1. The van der Waals surface area contributed by atoms with Gasteiger partial charge in [-0.15, -0.1) is 0 Å². The minimum atomic E-state index is -3.25. The number of carbonyl (C=O) groups is 1. The van der Waals surface area contributed by atoms with Gasteiger partial charge in [0.15, 0.2) is 0 Å². The Morgan fingerprint density at radius 3 is 2.56 bits per heavy atom. The topological polar surface area (TPSA) is 95.5 Å². The maximum atomic E-state index is 11.7. The summed E-state index contributed by atoms with van der Waals surface area (Å²) in [7, 11) is -3.25. The highest BCUT2D eigenvalue weighted by Crippen LogP contribution is 2.17. The third-order valence-corrected chi connectivity index (χ3v) is 2.90. The standard InChI is InChI=1S/C11H16N2O4S/c1-8-3-4-9(10(14)7-8)11(15)12-5-6-13-18(2,16)17/h3-4,7,13-14H,5-6H2,1-2H3,(H,12,15). The second-order valence-electron chi connectivity index (χ2n) is 3.94. The number of sulfonamides is 1. The van der Waals surface area contributed by atoms with Crippen molar-refractivity contribution in [3.8, 4) is 5.75 Å². The van der Waals surface area contributed by atoms with Gasteiger partial charge >= 0.3 is 0 Å². The lowest BCUT2D eigenvalue weighted by atomic mass is 10.1. The van der Waals surface area contributed by atoms with Crippen molar-refractivity contribution >= 4 is 15.9 Å². The lowest BCUT2D eigenvalue weighted by Crippen LogP contribution is -2.34. The molecule has 0 atom stereocenters. The first kappa shape index (κ1) is 14.5. The lowest BCUT2D eigenvalue weighted by molar-refractivity contribution is 0.0951. The van der Waals surface area contributed by atoms with E-state index in [1.807, 2.05) is 0 Å². The molecule has 0 radical (unpaired) electrons. The van der Waals surface area contributed by atoms with Crippen molar-refractivity contribution in [1.82, 2.24) is 10.0 Å². The molecule has 0 bridgehead atoms. The summed E-state index contributed by atoms with van der Waals surface area (Å²) in [5.41, 5.74) is 1.02. The van der Waals surface area contributed by atoms with Crippen LogP contribution in [0, 0.1) is 6.92 Å². The Morgan fingerprint density at radius 2 is 2.00 bits per heavy atom. The average molecular weight is 272 g/mol. The molecule has 0 spiro atoms. The molecule has 0 aliphatic heterocycles. The van der Waals surface area contributed by atoms with Crippen molar-refractivity contribution in [3.05, 3.63) is 29.3 Å². The fraction of sp³-hybridized carbons (Fsp3) is 0.364. The smallest absolute Gasteiger partial charge is 0.255 e. The van der Waals surface area contributed by atoms with Crippen molar-refractivity contribution in [2.75, 3.05) is 19.3 Å². The van der Waals surface area contributed by atoms with E-state index in [1.54, 1.807) is 13.0 Å². The summed E-state index contributed by atoms with van der Waals surface area (Å²) in [6, 6.07) is 4.72. The molecule has 1 rings (SSSR count). The molecular weight excluding hydrogens is 256 g/mol. The third-order valence-electron chi connectivity index (χ3n) is 2.17. The maximum absolute atomic E-state index is 11.7. The van der Waals surface area contributed by atoms with Crippen molar-refractivity contribution in [2.24, 2.45) is 0 Å². The summed E-state index contributed by atoms with van der Waals surface area (Å²) in [5.74, 6) is -0.536. The average Bonchev–Trinajstić information content (AvgIpc) is 2.22. The quantitative estimate of drug-likeness (QED) is 0.656. The van der Waals surface area contributed by atoms with Gasteiger partial charge in [-0.05, 0) is 24.6 Å². The van der Waals surface area contributed by atoms with Crippen LogP contribution in [0.4, 0.5) is 0 Å². The molecule has 100 valence electrons. The second-order valence-corrected chi connectivity index (χ2v) is 5.78. The molecule has 1 aromatic carbocycles. The van der Waals surface area contributed by atoms with Crippen LogP contribution in [-0.2, 0) is 10.0 Å². The maximum Gasteiger partial charge on any atom is 0.255 e. The molecule has 0 aliphatic rings. The number of hydrogen-bond acceptors (Lipinski definition) is 4. The van der Waals surface area contributed by atoms with Gasteiger partial charge in [0.05, 0.1) is 11.8 Å². The lowest BCUT2D eigenvalue weighted by Gasteiger charge is -2.07. The van der Waals surface area contributed by atoms with Crippen molar-refractivity contribution in [1.29, 1.82) is 0 Å². The Kier molecular flexibility index (Phi) is 4.69. The summed E-state index contributed by atoms with van der Waals surface area (Å²) >= 11 is 0. The molecule has 18 heavy (non-hydrogen) atoms. The van der Waals surface area contributed by atoms with E-state index in [9.17, 15) is 18.3 Å². The Labute approximate surface area is 106 Å². The Balaban J connectivity index is 2.51. The molecule has 1 aromatic rings. The largest absolute Gasteiger partial charge is 0.507 e. The number of hydrogen-bond donors (Lipinski definition) is 3. The van der Waals surface area contributed by atoms with Gasteiger partial charge in [-0.25, -0.2) is 13.1 Å². The van der Waals surface area contributed by atoms with Gasteiger partial charge in [0.2, 0.25) is 10.0 Å². The van der Waals surface area contributed by atoms with Gasteiger partial charge in [0.25, 0.3) is 5.91 Å². The van der Waals surface area contributed by atoms with Crippen molar-refractivity contribution in [3.63, 3.8) is 0 Å². The van der Waals surface area contributed by atoms with E-state index < -0.39 is 15.9 Å². The molecule has 7 heteroatoms. The number of phenolic OH excluding ortho intramolecular Hbond substituents is 1. The number of amides is 1. The minimum Gasteiger partial charge on any atom is -0.507 e. The van der Waals surface area contributed by atoms with Crippen LogP contribution < -0.4 is 10.0 Å². The monoisotopic (exact) mass is 272 g/mol. The van der Waals surface area contributed by atoms with Crippen LogP contribution in [0.5, 0.6) is 5.75 Å². The molecule has 0 aromatic heterocycles. The van der Waals surface area contributed by atoms with Crippen LogP contribution in [0.2, 0.25) is 0 Å². The number of rotatable bonds is 5. The number of benzene rings is 1. The van der Waals surface area contributed by atoms with E-state index in [1.165, 1.54) is 12.1 Å². The van der Waals surface area contributed by atoms with Gasteiger partial charge < -0.3 is 10.4 Å². The van der Waals surface area contributed by atoms with Gasteiger partial charge in [-0.3, -0.25) is 4.79 Å². The minimum absolute atomic E-state index is 0.0939. The predicted molar refractivity (Wildman–Crippen MR) is 68.0 cm³/mol. The molecule has 0 unspecified atom stereocenters. The predicted octanol–water partition coefficient (Wildman–Crippen LogP) is -0.0204. The van der Waals surface area contributed by atoms with Gasteiger partial charge in [-0.1, -0.05) is 6.07 Å². The highest BCUT2D eigenvalue weighted by atomic mass is 32.2. The zero-order valence-corrected chi connectivity index (χ0v) is 11.0. The van der Waals surface area contributed by atoms with E-state index in [0.717, 1.165) is 11.8 Å². The highest BCUT2D eigenvalue weighted by Gasteiger charge is 2.10.